The Labute approximate surface area is 101 Å². The van der Waals surface area contributed by atoms with Crippen LogP contribution in [0.15, 0.2) is 27.2 Å². The number of hydrogen-bond donors (Lipinski definition) is 1. The highest BCUT2D eigenvalue weighted by Crippen LogP contribution is 2.23. The molecule has 0 radical (unpaired) electrons. The molecular formula is C13H18N2O2. The molecule has 2 heterocycles. The molecule has 0 saturated carbocycles. The molecule has 0 bridgehead atoms. The van der Waals surface area contributed by atoms with Gasteiger partial charge in [-0.3, -0.25) is 0 Å². The summed E-state index contributed by atoms with van der Waals surface area (Å²) in [6.07, 6.45) is 3.41. The van der Waals surface area contributed by atoms with E-state index >= 15 is 0 Å². The van der Waals surface area contributed by atoms with Gasteiger partial charge in [0.2, 0.25) is 0 Å². The van der Waals surface area contributed by atoms with Crippen molar-refractivity contribution < 1.29 is 8.83 Å². The first-order chi connectivity index (χ1) is 8.33. The minimum absolute atomic E-state index is 0.705. The zero-order chi connectivity index (χ0) is 12.1. The van der Waals surface area contributed by atoms with Crippen LogP contribution in [0.4, 0.5) is 0 Å². The lowest BCUT2D eigenvalue weighted by Gasteiger charge is -1.96. The van der Waals surface area contributed by atoms with Crippen molar-refractivity contribution in [2.75, 3.05) is 13.1 Å². The van der Waals surface area contributed by atoms with Gasteiger partial charge in [0.1, 0.15) is 5.76 Å². The third-order valence-electron chi connectivity index (χ3n) is 2.57. The maximum absolute atomic E-state index is 5.63. The second kappa shape index (κ2) is 5.68. The van der Waals surface area contributed by atoms with E-state index in [2.05, 4.69) is 24.1 Å². The van der Waals surface area contributed by atoms with E-state index in [9.17, 15) is 0 Å². The van der Waals surface area contributed by atoms with E-state index < -0.39 is 0 Å². The van der Waals surface area contributed by atoms with Crippen LogP contribution in [-0.4, -0.2) is 18.1 Å². The monoisotopic (exact) mass is 234 g/mol. The highest BCUT2D eigenvalue weighted by Gasteiger charge is 2.09. The first-order valence-electron chi connectivity index (χ1n) is 6.08. The molecule has 4 nitrogen and oxygen atoms in total. The molecule has 1 N–H and O–H groups in total. The second-order valence-corrected chi connectivity index (χ2v) is 3.84. The van der Waals surface area contributed by atoms with Gasteiger partial charge >= 0.3 is 0 Å². The van der Waals surface area contributed by atoms with Crippen LogP contribution in [0.3, 0.4) is 0 Å². The fourth-order valence-corrected chi connectivity index (χ4v) is 1.61. The summed E-state index contributed by atoms with van der Waals surface area (Å²) < 4.78 is 11.2. The summed E-state index contributed by atoms with van der Waals surface area (Å²) >= 11 is 0. The van der Waals surface area contributed by atoms with Crippen molar-refractivity contribution >= 4 is 0 Å². The van der Waals surface area contributed by atoms with Crippen molar-refractivity contribution in [2.45, 2.75) is 26.7 Å². The molecule has 0 saturated heterocycles. The molecule has 4 heteroatoms. The quantitative estimate of drug-likeness (QED) is 0.781. The van der Waals surface area contributed by atoms with E-state index in [4.69, 9.17) is 8.83 Å². The van der Waals surface area contributed by atoms with Crippen LogP contribution in [-0.2, 0) is 12.8 Å². The van der Waals surface area contributed by atoms with E-state index in [1.54, 1.807) is 6.20 Å². The van der Waals surface area contributed by atoms with Gasteiger partial charge in [0.05, 0.1) is 6.20 Å². The third-order valence-corrected chi connectivity index (χ3v) is 2.57. The number of hydrogen-bond acceptors (Lipinski definition) is 4. The molecule has 17 heavy (non-hydrogen) atoms. The smallest absolute Gasteiger partial charge is 0.196 e. The van der Waals surface area contributed by atoms with Crippen molar-refractivity contribution in [3.8, 4) is 11.5 Å². The van der Waals surface area contributed by atoms with Crippen LogP contribution in [0, 0.1) is 0 Å². The molecule has 0 spiro atoms. The summed E-state index contributed by atoms with van der Waals surface area (Å²) in [7, 11) is 0. The van der Waals surface area contributed by atoms with Crippen LogP contribution in [0.25, 0.3) is 11.5 Å². The molecule has 0 fully saturated rings. The third kappa shape index (κ3) is 2.97. The van der Waals surface area contributed by atoms with E-state index in [1.807, 2.05) is 12.1 Å². The lowest BCUT2D eigenvalue weighted by atomic mass is 10.3. The zero-order valence-corrected chi connectivity index (χ0v) is 10.3. The minimum atomic E-state index is 0.705. The molecule has 0 aliphatic heterocycles. The van der Waals surface area contributed by atoms with Crippen LogP contribution < -0.4 is 5.32 Å². The number of nitrogens with one attached hydrogen (secondary N) is 1. The number of aryl methyl sites for hydroxylation is 1. The van der Waals surface area contributed by atoms with Gasteiger partial charge in [0.25, 0.3) is 0 Å². The maximum atomic E-state index is 5.63. The topological polar surface area (TPSA) is 51.2 Å². The van der Waals surface area contributed by atoms with Gasteiger partial charge in [-0.1, -0.05) is 13.8 Å². The van der Waals surface area contributed by atoms with E-state index in [0.29, 0.717) is 5.76 Å². The number of aromatic nitrogens is 1. The van der Waals surface area contributed by atoms with Crippen LogP contribution in [0.2, 0.25) is 0 Å². The molecule has 0 aromatic carbocycles. The molecular weight excluding hydrogens is 216 g/mol. The molecule has 0 aliphatic carbocycles. The number of rotatable bonds is 6. The van der Waals surface area contributed by atoms with Gasteiger partial charge in [-0.25, -0.2) is 4.98 Å². The second-order valence-electron chi connectivity index (χ2n) is 3.84. The van der Waals surface area contributed by atoms with Gasteiger partial charge in [0.15, 0.2) is 17.4 Å². The molecule has 2 aromatic rings. The van der Waals surface area contributed by atoms with Crippen molar-refractivity contribution in [3.63, 3.8) is 0 Å². The average Bonchev–Trinajstić information content (AvgIpc) is 2.97. The van der Waals surface area contributed by atoms with Gasteiger partial charge in [0, 0.05) is 19.4 Å². The normalized spacial score (nSPS) is 10.9. The lowest BCUT2D eigenvalue weighted by Crippen LogP contribution is -2.16. The van der Waals surface area contributed by atoms with E-state index in [-0.39, 0.29) is 0 Å². The summed E-state index contributed by atoms with van der Waals surface area (Å²) in [4.78, 5) is 4.23. The molecule has 0 atom stereocenters. The maximum Gasteiger partial charge on any atom is 0.196 e. The molecule has 2 aromatic heterocycles. The van der Waals surface area contributed by atoms with Crippen molar-refractivity contribution in [1.29, 1.82) is 0 Å². The largest absolute Gasteiger partial charge is 0.458 e. The number of oxazole rings is 1. The van der Waals surface area contributed by atoms with Gasteiger partial charge < -0.3 is 14.2 Å². The number of nitrogens with zero attached hydrogens (tertiary/aromatic N) is 1. The van der Waals surface area contributed by atoms with Gasteiger partial charge in [-0.05, 0) is 18.7 Å². The molecule has 2 rings (SSSR count). The average molecular weight is 234 g/mol. The minimum Gasteiger partial charge on any atom is -0.458 e. The molecule has 0 aliphatic rings. The summed E-state index contributed by atoms with van der Waals surface area (Å²) in [5.41, 5.74) is 0. The van der Waals surface area contributed by atoms with Crippen LogP contribution >= 0.6 is 0 Å². The highest BCUT2D eigenvalue weighted by molar-refractivity contribution is 5.48. The predicted octanol–water partition coefficient (Wildman–Crippen LogP) is 2.65. The van der Waals surface area contributed by atoms with E-state index in [1.165, 1.54) is 0 Å². The van der Waals surface area contributed by atoms with Crippen molar-refractivity contribution in [2.24, 2.45) is 0 Å². The Balaban J connectivity index is 2.02. The Morgan fingerprint density at radius 3 is 2.76 bits per heavy atom. The summed E-state index contributed by atoms with van der Waals surface area (Å²) in [6.45, 7) is 5.99. The summed E-state index contributed by atoms with van der Waals surface area (Å²) in [5.74, 6) is 3.17. The summed E-state index contributed by atoms with van der Waals surface area (Å²) in [5, 5.41) is 3.24. The van der Waals surface area contributed by atoms with Crippen LogP contribution in [0.1, 0.15) is 25.5 Å². The highest BCUT2D eigenvalue weighted by atomic mass is 16.4. The van der Waals surface area contributed by atoms with E-state index in [0.717, 1.165) is 43.3 Å². The summed E-state index contributed by atoms with van der Waals surface area (Å²) in [6, 6.07) is 3.89. The molecule has 0 unspecified atom stereocenters. The molecule has 92 valence electrons. The predicted molar refractivity (Wildman–Crippen MR) is 65.8 cm³/mol. The van der Waals surface area contributed by atoms with Crippen LogP contribution in [0.5, 0.6) is 0 Å². The Hall–Kier alpha value is -1.55. The first-order valence-corrected chi connectivity index (χ1v) is 6.08. The fourth-order valence-electron chi connectivity index (χ4n) is 1.61. The fraction of sp³-hybridized carbons (Fsp3) is 0.462. The Morgan fingerprint density at radius 2 is 2.06 bits per heavy atom. The first kappa shape index (κ1) is 11.9. The lowest BCUT2D eigenvalue weighted by molar-refractivity contribution is 0.465. The Kier molecular flexibility index (Phi) is 3.98. The van der Waals surface area contributed by atoms with Crippen molar-refractivity contribution in [1.82, 2.24) is 10.3 Å². The Bertz CT molecular complexity index is 459. The van der Waals surface area contributed by atoms with Crippen molar-refractivity contribution in [3.05, 3.63) is 30.0 Å². The standard InChI is InChI=1S/C13H18N2O2/c1-3-10-5-6-11(16-10)12-9-15-13(17-12)7-8-14-4-2/h5-6,9,14H,3-4,7-8H2,1-2H3. The van der Waals surface area contributed by atoms with Gasteiger partial charge in [-0.2, -0.15) is 0 Å². The van der Waals surface area contributed by atoms with Gasteiger partial charge in [-0.15, -0.1) is 0 Å². The molecule has 0 amide bonds. The number of likely N-dealkylation sites (N-methyl/N-ethyl adjacent to an activating group) is 1. The SMILES string of the molecule is CCNCCc1ncc(-c2ccc(CC)o2)o1. The Morgan fingerprint density at radius 1 is 1.18 bits per heavy atom. The zero-order valence-electron chi connectivity index (χ0n) is 10.3. The number of furan rings is 1.